The van der Waals surface area contributed by atoms with Crippen LogP contribution in [0, 0.1) is 0 Å². The van der Waals surface area contributed by atoms with Crippen LogP contribution >= 0.6 is 0 Å². The summed E-state index contributed by atoms with van der Waals surface area (Å²) in [6, 6.07) is 4.24. The van der Waals surface area contributed by atoms with Crippen LogP contribution in [0.3, 0.4) is 0 Å². The van der Waals surface area contributed by atoms with E-state index in [4.69, 9.17) is 0 Å². The molecule has 1 rings (SSSR count). The van der Waals surface area contributed by atoms with Crippen LogP contribution in [0.2, 0.25) is 0 Å². The lowest BCUT2D eigenvalue weighted by Crippen LogP contribution is -2.58. The molecule has 132 valence electrons. The van der Waals surface area contributed by atoms with Crippen LogP contribution in [-0.4, -0.2) is 18.0 Å². The largest absolute Gasteiger partial charge is 0.430 e. The van der Waals surface area contributed by atoms with E-state index < -0.39 is 29.1 Å². The third-order valence-corrected chi connectivity index (χ3v) is 3.16. The van der Waals surface area contributed by atoms with Crippen molar-refractivity contribution in [1.29, 1.82) is 0 Å². The van der Waals surface area contributed by atoms with Gasteiger partial charge in [0.15, 0.2) is 0 Å². The first kappa shape index (κ1) is 19.8. The second-order valence-electron chi connectivity index (χ2n) is 6.34. The lowest BCUT2D eigenvalue weighted by Gasteiger charge is -2.41. The molecule has 1 aromatic carbocycles. The van der Waals surface area contributed by atoms with E-state index >= 15 is 0 Å². The predicted octanol–water partition coefficient (Wildman–Crippen LogP) is 5.77. The van der Waals surface area contributed by atoms with Gasteiger partial charge >= 0.3 is 12.4 Å². The number of halogens is 6. The van der Waals surface area contributed by atoms with Crippen molar-refractivity contribution in [2.24, 2.45) is 0 Å². The van der Waals surface area contributed by atoms with Gasteiger partial charge in [-0.3, -0.25) is 0 Å². The molecule has 0 aliphatic carbocycles. The van der Waals surface area contributed by atoms with Crippen molar-refractivity contribution >= 4 is 0 Å². The third-order valence-electron chi connectivity index (χ3n) is 3.16. The molecule has 0 aliphatic heterocycles. The molecule has 1 nitrogen and oxygen atoms in total. The van der Waals surface area contributed by atoms with Crippen LogP contribution in [0.15, 0.2) is 24.3 Å². The van der Waals surface area contributed by atoms with Crippen molar-refractivity contribution in [1.82, 2.24) is 0 Å². The van der Waals surface area contributed by atoms with Crippen LogP contribution in [0.25, 0.3) is 0 Å². The van der Waals surface area contributed by atoms with E-state index in [2.05, 4.69) is 4.74 Å². The number of hydrogen-bond donors (Lipinski definition) is 0. The Bertz CT molecular complexity index is 493. The van der Waals surface area contributed by atoms with Gasteiger partial charge in [0.1, 0.15) is 0 Å². The number of hydrogen-bond acceptors (Lipinski definition) is 1. The fraction of sp³-hybridized carbons (Fsp3) is 0.625. The molecule has 0 amide bonds. The van der Waals surface area contributed by atoms with Crippen molar-refractivity contribution in [2.45, 2.75) is 64.1 Å². The summed E-state index contributed by atoms with van der Waals surface area (Å²) in [5.74, 6) is 0. The van der Waals surface area contributed by atoms with Crippen molar-refractivity contribution < 1.29 is 31.1 Å². The molecule has 0 saturated heterocycles. The SMILES string of the molecule is CCCc1ccc(C(OC(C)(C)C)(C(F)(F)F)C(F)(F)F)cc1. The van der Waals surface area contributed by atoms with Gasteiger partial charge in [0, 0.05) is 5.56 Å². The van der Waals surface area contributed by atoms with E-state index in [1.807, 2.05) is 6.92 Å². The molecule has 0 aliphatic rings. The monoisotopic (exact) mass is 342 g/mol. The van der Waals surface area contributed by atoms with Crippen molar-refractivity contribution in [3.05, 3.63) is 35.4 Å². The quantitative estimate of drug-likeness (QED) is 0.631. The van der Waals surface area contributed by atoms with Crippen molar-refractivity contribution in [2.75, 3.05) is 0 Å². The Morgan fingerprint density at radius 3 is 1.57 bits per heavy atom. The van der Waals surface area contributed by atoms with E-state index in [0.29, 0.717) is 12.0 Å². The molecule has 0 radical (unpaired) electrons. The van der Waals surface area contributed by atoms with Crippen LogP contribution in [0.4, 0.5) is 26.3 Å². The fourth-order valence-electron chi connectivity index (χ4n) is 2.32. The highest BCUT2D eigenvalue weighted by molar-refractivity contribution is 5.31. The number of aryl methyl sites for hydroxylation is 1. The molecule has 23 heavy (non-hydrogen) atoms. The first-order valence-electron chi connectivity index (χ1n) is 7.17. The molecule has 0 atom stereocenters. The lowest BCUT2D eigenvalue weighted by molar-refractivity contribution is -0.407. The highest BCUT2D eigenvalue weighted by Gasteiger charge is 2.74. The molecule has 0 spiro atoms. The molecule has 0 unspecified atom stereocenters. The van der Waals surface area contributed by atoms with Gasteiger partial charge in [0.05, 0.1) is 5.60 Å². The highest BCUT2D eigenvalue weighted by Crippen LogP contribution is 2.54. The summed E-state index contributed by atoms with van der Waals surface area (Å²) in [6.45, 7) is 5.34. The van der Waals surface area contributed by atoms with Crippen LogP contribution < -0.4 is 0 Å². The fourth-order valence-corrected chi connectivity index (χ4v) is 2.32. The zero-order valence-corrected chi connectivity index (χ0v) is 13.4. The first-order valence-corrected chi connectivity index (χ1v) is 7.17. The molecule has 0 fully saturated rings. The number of rotatable bonds is 4. The average Bonchev–Trinajstić information content (AvgIpc) is 2.33. The molecular weight excluding hydrogens is 322 g/mol. The summed E-state index contributed by atoms with van der Waals surface area (Å²) < 4.78 is 85.5. The first-order chi connectivity index (χ1) is 10.2. The lowest BCUT2D eigenvalue weighted by atomic mass is 9.89. The smallest absolute Gasteiger partial charge is 0.348 e. The summed E-state index contributed by atoms with van der Waals surface area (Å²) in [7, 11) is 0. The van der Waals surface area contributed by atoms with Gasteiger partial charge in [-0.2, -0.15) is 26.3 Å². The molecule has 0 saturated carbocycles. The Kier molecular flexibility index (Phi) is 5.46. The minimum absolute atomic E-state index is 0.575. The van der Waals surface area contributed by atoms with Crippen LogP contribution in [0.1, 0.15) is 45.2 Å². The van der Waals surface area contributed by atoms with E-state index in [-0.39, 0.29) is 0 Å². The molecule has 0 heterocycles. The Morgan fingerprint density at radius 2 is 1.26 bits per heavy atom. The second kappa shape index (κ2) is 6.34. The Morgan fingerprint density at radius 1 is 0.826 bits per heavy atom. The Hall–Kier alpha value is -1.24. The minimum Gasteiger partial charge on any atom is -0.348 e. The maximum Gasteiger partial charge on any atom is 0.430 e. The maximum atomic E-state index is 13.5. The zero-order valence-electron chi connectivity index (χ0n) is 13.4. The number of alkyl halides is 6. The van der Waals surface area contributed by atoms with E-state index in [1.165, 1.54) is 12.1 Å². The molecule has 7 heteroatoms. The molecule has 0 N–H and O–H groups in total. The third kappa shape index (κ3) is 4.19. The topological polar surface area (TPSA) is 9.23 Å². The van der Waals surface area contributed by atoms with Gasteiger partial charge < -0.3 is 4.74 Å². The maximum absolute atomic E-state index is 13.5. The summed E-state index contributed by atoms with van der Waals surface area (Å²) >= 11 is 0. The van der Waals surface area contributed by atoms with Gasteiger partial charge in [0.25, 0.3) is 5.60 Å². The highest BCUT2D eigenvalue weighted by atomic mass is 19.4. The van der Waals surface area contributed by atoms with Gasteiger partial charge in [-0.05, 0) is 32.8 Å². The van der Waals surface area contributed by atoms with Crippen molar-refractivity contribution in [3.63, 3.8) is 0 Å². The predicted molar refractivity (Wildman–Crippen MR) is 75.1 cm³/mol. The Balaban J connectivity index is 3.55. The molecule has 0 bridgehead atoms. The molecular formula is C16H20F6O. The normalized spacial score (nSPS) is 14.2. The summed E-state index contributed by atoms with van der Waals surface area (Å²) in [5.41, 5.74) is -6.30. The van der Waals surface area contributed by atoms with Gasteiger partial charge in [-0.25, -0.2) is 0 Å². The van der Waals surface area contributed by atoms with Gasteiger partial charge in [0.2, 0.25) is 0 Å². The number of benzene rings is 1. The standard InChI is InChI=1S/C16H20F6O/c1-5-6-11-7-9-12(10-8-11)14(15(17,18)19,16(20,21)22)23-13(2,3)4/h7-10H,5-6H2,1-4H3. The zero-order chi connectivity index (χ0) is 18.1. The summed E-state index contributed by atoms with van der Waals surface area (Å²) in [6.07, 6.45) is -9.98. The van der Waals surface area contributed by atoms with Gasteiger partial charge in [-0.1, -0.05) is 37.6 Å². The molecule has 0 aromatic heterocycles. The van der Waals surface area contributed by atoms with E-state index in [0.717, 1.165) is 39.3 Å². The Labute approximate surface area is 131 Å². The van der Waals surface area contributed by atoms with E-state index in [1.54, 1.807) is 0 Å². The summed E-state index contributed by atoms with van der Waals surface area (Å²) in [5, 5.41) is 0. The van der Waals surface area contributed by atoms with Crippen LogP contribution in [-0.2, 0) is 16.8 Å². The van der Waals surface area contributed by atoms with Gasteiger partial charge in [-0.15, -0.1) is 0 Å². The van der Waals surface area contributed by atoms with Crippen LogP contribution in [0.5, 0.6) is 0 Å². The summed E-state index contributed by atoms with van der Waals surface area (Å²) in [4.78, 5) is 0. The minimum atomic E-state index is -5.65. The van der Waals surface area contributed by atoms with Crippen molar-refractivity contribution in [3.8, 4) is 0 Å². The molecule has 1 aromatic rings. The van der Waals surface area contributed by atoms with E-state index in [9.17, 15) is 26.3 Å². The number of ether oxygens (including phenoxy) is 1. The second-order valence-corrected chi connectivity index (χ2v) is 6.34. The average molecular weight is 342 g/mol.